The van der Waals surface area contributed by atoms with Gasteiger partial charge < -0.3 is 14.6 Å². The van der Waals surface area contributed by atoms with Crippen molar-refractivity contribution in [1.82, 2.24) is 9.38 Å². The van der Waals surface area contributed by atoms with Crippen molar-refractivity contribution in [3.8, 4) is 11.5 Å². The Hall–Kier alpha value is -3.39. The highest BCUT2D eigenvalue weighted by Gasteiger charge is 2.13. The third kappa shape index (κ3) is 3.61. The Morgan fingerprint density at radius 1 is 1.17 bits per heavy atom. The highest BCUT2D eigenvalue weighted by Crippen LogP contribution is 2.29. The van der Waals surface area contributed by atoms with E-state index in [0.29, 0.717) is 27.6 Å². The van der Waals surface area contributed by atoms with E-state index in [2.05, 4.69) is 4.98 Å². The number of hydrogen-bond donors (Lipinski definition) is 1. The maximum absolute atomic E-state index is 13.0. The molecule has 0 aliphatic heterocycles. The summed E-state index contributed by atoms with van der Waals surface area (Å²) in [7, 11) is 0. The number of ether oxygens (including phenoxy) is 2. The first-order chi connectivity index (χ1) is 14.4. The van der Waals surface area contributed by atoms with Crippen LogP contribution in [0.1, 0.15) is 23.6 Å². The molecule has 2 heterocycles. The van der Waals surface area contributed by atoms with Gasteiger partial charge in [-0.15, -0.1) is 0 Å². The monoisotopic (exact) mass is 424 g/mol. The number of imidazole rings is 1. The minimum absolute atomic E-state index is 0.120. The topological polar surface area (TPSA) is 90.1 Å². The third-order valence-corrected chi connectivity index (χ3v) is 5.74. The number of rotatable bonds is 6. The average molecular weight is 424 g/mol. The van der Waals surface area contributed by atoms with E-state index in [0.717, 1.165) is 27.7 Å². The molecule has 0 bridgehead atoms. The highest BCUT2D eigenvalue weighted by atomic mass is 32.1. The van der Waals surface area contributed by atoms with Crippen molar-refractivity contribution in [2.75, 3.05) is 13.2 Å². The molecule has 0 aliphatic carbocycles. The van der Waals surface area contributed by atoms with Gasteiger partial charge in [0, 0.05) is 0 Å². The van der Waals surface area contributed by atoms with Crippen LogP contribution in [-0.4, -0.2) is 33.7 Å². The Morgan fingerprint density at radius 2 is 1.93 bits per heavy atom. The van der Waals surface area contributed by atoms with Gasteiger partial charge >= 0.3 is 5.97 Å². The number of hydrogen-bond acceptors (Lipinski definition) is 6. The fourth-order valence-electron chi connectivity index (χ4n) is 3.21. The van der Waals surface area contributed by atoms with Gasteiger partial charge in [-0.25, -0.2) is 14.2 Å². The summed E-state index contributed by atoms with van der Waals surface area (Å²) < 4.78 is 13.0. The maximum Gasteiger partial charge on any atom is 0.341 e. The lowest BCUT2D eigenvalue weighted by molar-refractivity contribution is -0.139. The van der Waals surface area contributed by atoms with Crippen LogP contribution in [0.5, 0.6) is 11.5 Å². The van der Waals surface area contributed by atoms with Crippen molar-refractivity contribution < 1.29 is 19.4 Å². The lowest BCUT2D eigenvalue weighted by Gasteiger charge is -2.11. The van der Waals surface area contributed by atoms with Gasteiger partial charge in [0.15, 0.2) is 23.1 Å². The normalized spacial score (nSPS) is 12.0. The Balaban J connectivity index is 1.80. The first-order valence-electron chi connectivity index (χ1n) is 9.42. The number of thiazole rings is 1. The zero-order chi connectivity index (χ0) is 21.4. The van der Waals surface area contributed by atoms with E-state index in [-0.39, 0.29) is 5.56 Å². The Labute approximate surface area is 175 Å². The largest absolute Gasteiger partial charge is 0.490 e. The van der Waals surface area contributed by atoms with Gasteiger partial charge in [0.2, 0.25) is 0 Å². The summed E-state index contributed by atoms with van der Waals surface area (Å²) in [6.07, 6.45) is 1.78. The molecule has 0 atom stereocenters. The zero-order valence-electron chi connectivity index (χ0n) is 16.8. The predicted octanol–water partition coefficient (Wildman–Crippen LogP) is 2.94. The molecule has 0 fully saturated rings. The van der Waals surface area contributed by atoms with Crippen molar-refractivity contribution in [2.24, 2.45) is 0 Å². The molecule has 7 nitrogen and oxygen atoms in total. The zero-order valence-corrected chi connectivity index (χ0v) is 17.6. The molecule has 1 N–H and O–H groups in total. The molecule has 0 unspecified atom stereocenters. The van der Waals surface area contributed by atoms with Crippen molar-refractivity contribution in [1.29, 1.82) is 0 Å². The van der Waals surface area contributed by atoms with Crippen molar-refractivity contribution >= 4 is 39.4 Å². The van der Waals surface area contributed by atoms with Gasteiger partial charge in [-0.3, -0.25) is 4.79 Å². The average Bonchev–Trinajstić information content (AvgIpc) is 3.18. The number of aliphatic carboxylic acids is 1. The number of aryl methyl sites for hydroxylation is 2. The Kier molecular flexibility index (Phi) is 5.17. The first kappa shape index (κ1) is 19.9. The van der Waals surface area contributed by atoms with Crippen LogP contribution in [-0.2, 0) is 4.79 Å². The van der Waals surface area contributed by atoms with Gasteiger partial charge in [0.25, 0.3) is 5.56 Å². The highest BCUT2D eigenvalue weighted by molar-refractivity contribution is 7.15. The van der Waals surface area contributed by atoms with E-state index in [9.17, 15) is 9.59 Å². The number of carboxylic acid groups (broad SMARTS) is 1. The van der Waals surface area contributed by atoms with Gasteiger partial charge in [0.05, 0.1) is 22.2 Å². The van der Waals surface area contributed by atoms with Crippen LogP contribution in [0, 0.1) is 13.8 Å². The SMILES string of the molecule is CCOc1cc(/C=c2\sc3nc4cc(C)c(C)cc4n3c2=O)ccc1OCC(=O)O. The van der Waals surface area contributed by atoms with Crippen LogP contribution >= 0.6 is 11.3 Å². The van der Waals surface area contributed by atoms with Crippen molar-refractivity contribution in [3.63, 3.8) is 0 Å². The quantitative estimate of drug-likeness (QED) is 0.512. The van der Waals surface area contributed by atoms with Crippen LogP contribution in [0.25, 0.3) is 22.1 Å². The minimum atomic E-state index is -1.07. The molecule has 0 saturated carbocycles. The smallest absolute Gasteiger partial charge is 0.341 e. The fraction of sp³-hybridized carbons (Fsp3) is 0.227. The molecule has 4 aromatic rings. The lowest BCUT2D eigenvalue weighted by Crippen LogP contribution is -2.22. The Morgan fingerprint density at radius 3 is 2.67 bits per heavy atom. The summed E-state index contributed by atoms with van der Waals surface area (Å²) in [6, 6.07) is 9.12. The molecule has 2 aromatic heterocycles. The van der Waals surface area contributed by atoms with E-state index in [1.807, 2.05) is 32.9 Å². The van der Waals surface area contributed by atoms with Crippen LogP contribution < -0.4 is 19.6 Å². The standard InChI is InChI=1S/C22H20N2O5S/c1-4-28-18-9-14(5-6-17(18)29-11-20(25)26)10-19-21(27)24-16-8-13(3)12(2)7-15(16)23-22(24)30-19/h5-10H,4,11H2,1-3H3,(H,25,26)/b19-10-. The van der Waals surface area contributed by atoms with Crippen LogP contribution in [0.15, 0.2) is 35.1 Å². The summed E-state index contributed by atoms with van der Waals surface area (Å²) in [5, 5.41) is 8.82. The van der Waals surface area contributed by atoms with E-state index in [1.165, 1.54) is 11.3 Å². The molecule has 0 amide bonds. The molecule has 154 valence electrons. The molecule has 2 aromatic carbocycles. The molecule has 0 spiro atoms. The summed E-state index contributed by atoms with van der Waals surface area (Å²) in [4.78, 5) is 29.1. The second-order valence-electron chi connectivity index (χ2n) is 6.89. The number of nitrogens with zero attached hydrogens (tertiary/aromatic N) is 2. The molecule has 0 saturated heterocycles. The van der Waals surface area contributed by atoms with Gasteiger partial charge in [-0.1, -0.05) is 17.4 Å². The maximum atomic E-state index is 13.0. The third-order valence-electron chi connectivity index (χ3n) is 4.77. The molecular weight excluding hydrogens is 404 g/mol. The van der Waals surface area contributed by atoms with E-state index >= 15 is 0 Å². The summed E-state index contributed by atoms with van der Waals surface area (Å²) >= 11 is 1.33. The van der Waals surface area contributed by atoms with E-state index < -0.39 is 12.6 Å². The second-order valence-corrected chi connectivity index (χ2v) is 7.90. The lowest BCUT2D eigenvalue weighted by atomic mass is 10.1. The number of benzene rings is 2. The molecular formula is C22H20N2O5S. The van der Waals surface area contributed by atoms with Crippen LogP contribution in [0.2, 0.25) is 0 Å². The second kappa shape index (κ2) is 7.79. The fourth-order valence-corrected chi connectivity index (χ4v) is 4.20. The van der Waals surface area contributed by atoms with Gasteiger partial charge in [-0.2, -0.15) is 0 Å². The molecule has 8 heteroatoms. The summed E-state index contributed by atoms with van der Waals surface area (Å²) in [6.45, 7) is 5.82. The number of fused-ring (bicyclic) bond motifs is 3. The number of carbonyl (C=O) groups is 1. The summed E-state index contributed by atoms with van der Waals surface area (Å²) in [5.74, 6) is -0.293. The van der Waals surface area contributed by atoms with E-state index in [4.69, 9.17) is 14.6 Å². The van der Waals surface area contributed by atoms with E-state index in [1.54, 1.807) is 28.7 Å². The number of carboxylic acids is 1. The van der Waals surface area contributed by atoms with Crippen molar-refractivity contribution in [2.45, 2.75) is 20.8 Å². The molecule has 0 aliphatic rings. The van der Waals surface area contributed by atoms with Crippen LogP contribution in [0.3, 0.4) is 0 Å². The predicted molar refractivity (Wildman–Crippen MR) is 116 cm³/mol. The summed E-state index contributed by atoms with van der Waals surface area (Å²) in [5.41, 5.74) is 4.50. The number of aromatic nitrogens is 2. The molecule has 4 rings (SSSR count). The molecule has 0 radical (unpaired) electrons. The van der Waals surface area contributed by atoms with Crippen LogP contribution in [0.4, 0.5) is 0 Å². The van der Waals surface area contributed by atoms with Crippen molar-refractivity contribution in [3.05, 3.63) is 61.9 Å². The first-order valence-corrected chi connectivity index (χ1v) is 10.2. The Bertz CT molecular complexity index is 1390. The van der Waals surface area contributed by atoms with Gasteiger partial charge in [0.1, 0.15) is 0 Å². The minimum Gasteiger partial charge on any atom is -0.490 e. The molecule has 30 heavy (non-hydrogen) atoms. The van der Waals surface area contributed by atoms with Gasteiger partial charge in [-0.05, 0) is 67.8 Å².